The molecule has 1 nitrogen and oxygen atoms in total. The normalized spacial score (nSPS) is 10.7. The number of hydrogen-bond acceptors (Lipinski definition) is 1. The van der Waals surface area contributed by atoms with E-state index in [1.54, 1.807) is 0 Å². The predicted octanol–water partition coefficient (Wildman–Crippen LogP) is 5.81. The van der Waals surface area contributed by atoms with Crippen LogP contribution in [-0.4, -0.2) is 0 Å². The maximum Gasteiger partial charge on any atom is 0.165 e. The zero-order valence-electron chi connectivity index (χ0n) is 10.1. The average Bonchev–Trinajstić information content (AvgIpc) is 2.42. The van der Waals surface area contributed by atoms with Gasteiger partial charge in [0.2, 0.25) is 0 Å². The number of hydrogen-bond donors (Lipinski definition) is 0. The van der Waals surface area contributed by atoms with Crippen molar-refractivity contribution in [3.05, 3.63) is 62.0 Å². The largest absolute Gasteiger partial charge is 0.486 e. The molecule has 0 N–H and O–H groups in total. The number of benzene rings is 2. The van der Waals surface area contributed by atoms with E-state index in [1.807, 2.05) is 12.1 Å². The van der Waals surface area contributed by atoms with Gasteiger partial charge in [-0.15, -0.1) is 11.6 Å². The third-order valence-electron chi connectivity index (χ3n) is 2.62. The van der Waals surface area contributed by atoms with E-state index in [0.717, 1.165) is 11.6 Å². The Hall–Kier alpha value is -0.650. The Morgan fingerprint density at radius 1 is 1.10 bits per heavy atom. The van der Waals surface area contributed by atoms with Crippen molar-refractivity contribution in [3.63, 3.8) is 0 Å². The molecule has 0 heterocycles. The van der Waals surface area contributed by atoms with Gasteiger partial charge in [-0.2, -0.15) is 0 Å². The summed E-state index contributed by atoms with van der Waals surface area (Å²) in [6.07, 6.45) is 0. The Kier molecular flexibility index (Phi) is 5.41. The summed E-state index contributed by atoms with van der Waals surface area (Å²) in [5.74, 6) is -0.892. The zero-order chi connectivity index (χ0) is 14.7. The van der Waals surface area contributed by atoms with Gasteiger partial charge in [-0.1, -0.05) is 12.1 Å². The Morgan fingerprint density at radius 3 is 2.35 bits per heavy atom. The number of alkyl halides is 1. The van der Waals surface area contributed by atoms with Gasteiger partial charge in [0.25, 0.3) is 0 Å². The van der Waals surface area contributed by atoms with Crippen molar-refractivity contribution in [1.82, 2.24) is 0 Å². The monoisotopic (exact) mass is 424 g/mol. The lowest BCUT2D eigenvalue weighted by atomic mass is 10.2. The number of rotatable bonds is 4. The molecule has 0 aliphatic rings. The van der Waals surface area contributed by atoms with Crippen LogP contribution in [0.2, 0.25) is 0 Å². The Balaban J connectivity index is 2.21. The lowest BCUT2D eigenvalue weighted by Crippen LogP contribution is -2.01. The molecule has 0 amide bonds. The summed E-state index contributed by atoms with van der Waals surface area (Å²) < 4.78 is 33.6. The summed E-state index contributed by atoms with van der Waals surface area (Å²) >= 11 is 12.5. The van der Waals surface area contributed by atoms with Crippen LogP contribution in [0.3, 0.4) is 0 Å². The minimum Gasteiger partial charge on any atom is -0.486 e. The van der Waals surface area contributed by atoms with Gasteiger partial charge in [0.1, 0.15) is 12.4 Å². The topological polar surface area (TPSA) is 9.23 Å². The quantitative estimate of drug-likeness (QED) is 0.561. The number of ether oxygens (including phenoxy) is 1. The minimum atomic E-state index is -0.892. The molecule has 20 heavy (non-hydrogen) atoms. The summed E-state index contributed by atoms with van der Waals surface area (Å²) in [6, 6.07) is 7.62. The van der Waals surface area contributed by atoms with Gasteiger partial charge < -0.3 is 4.74 Å². The fourth-order valence-electron chi connectivity index (χ4n) is 1.64. The fraction of sp³-hybridized carbons (Fsp3) is 0.143. The molecule has 6 heteroatoms. The molecule has 0 saturated heterocycles. The molecule has 2 aromatic carbocycles. The van der Waals surface area contributed by atoms with Gasteiger partial charge >= 0.3 is 0 Å². The molecule has 2 rings (SSSR count). The molecule has 0 spiro atoms. The first kappa shape index (κ1) is 15.7. The van der Waals surface area contributed by atoms with E-state index in [9.17, 15) is 8.78 Å². The summed E-state index contributed by atoms with van der Waals surface area (Å²) in [4.78, 5) is 0. The van der Waals surface area contributed by atoms with Crippen LogP contribution in [0.5, 0.6) is 5.75 Å². The van der Waals surface area contributed by atoms with Crippen LogP contribution in [0.1, 0.15) is 11.1 Å². The smallest absolute Gasteiger partial charge is 0.165 e. The molecular weight excluding hydrogens is 417 g/mol. The van der Waals surface area contributed by atoms with Crippen LogP contribution in [-0.2, 0) is 12.5 Å². The lowest BCUT2D eigenvalue weighted by molar-refractivity contribution is 0.293. The van der Waals surface area contributed by atoms with E-state index < -0.39 is 11.6 Å². The van der Waals surface area contributed by atoms with Crippen LogP contribution in [0.25, 0.3) is 0 Å². The summed E-state index contributed by atoms with van der Waals surface area (Å²) in [5.41, 5.74) is 1.07. The molecule has 0 saturated carbocycles. The van der Waals surface area contributed by atoms with E-state index in [0.29, 0.717) is 20.6 Å². The van der Waals surface area contributed by atoms with Gasteiger partial charge in [0.15, 0.2) is 11.6 Å². The van der Waals surface area contributed by atoms with Crippen LogP contribution < -0.4 is 4.74 Å². The van der Waals surface area contributed by atoms with Gasteiger partial charge in [-0.25, -0.2) is 8.78 Å². The summed E-state index contributed by atoms with van der Waals surface area (Å²) in [6.45, 7) is -0.0684. The second-order valence-electron chi connectivity index (χ2n) is 4.02. The third kappa shape index (κ3) is 3.51. The van der Waals surface area contributed by atoms with Gasteiger partial charge in [0.05, 0.1) is 8.95 Å². The Bertz CT molecular complexity index is 612. The van der Waals surface area contributed by atoms with Crippen molar-refractivity contribution in [3.8, 4) is 5.75 Å². The average molecular weight is 426 g/mol. The second-order valence-corrected chi connectivity index (χ2v) is 6.00. The van der Waals surface area contributed by atoms with Crippen molar-refractivity contribution in [1.29, 1.82) is 0 Å². The maximum absolute atomic E-state index is 13.5. The first-order valence-electron chi connectivity index (χ1n) is 5.62. The third-order valence-corrected chi connectivity index (χ3v) is 4.10. The Morgan fingerprint density at radius 2 is 1.75 bits per heavy atom. The highest BCUT2D eigenvalue weighted by molar-refractivity contribution is 9.11. The molecule has 0 aromatic heterocycles. The van der Waals surface area contributed by atoms with Crippen LogP contribution in [0.4, 0.5) is 8.78 Å². The summed E-state index contributed by atoms with van der Waals surface area (Å²) in [5, 5.41) is 0. The summed E-state index contributed by atoms with van der Waals surface area (Å²) in [7, 11) is 0. The molecule has 0 radical (unpaired) electrons. The van der Waals surface area contributed by atoms with Crippen molar-refractivity contribution < 1.29 is 13.5 Å². The van der Waals surface area contributed by atoms with Crippen molar-refractivity contribution in [2.24, 2.45) is 0 Å². The molecule has 0 aliphatic carbocycles. The zero-order valence-corrected chi connectivity index (χ0v) is 14.0. The molecule has 2 aromatic rings. The van der Waals surface area contributed by atoms with Crippen molar-refractivity contribution >= 4 is 43.5 Å². The first-order valence-corrected chi connectivity index (χ1v) is 7.74. The highest BCUT2D eigenvalue weighted by Crippen LogP contribution is 2.35. The molecular formula is C14H9Br2ClF2O. The van der Waals surface area contributed by atoms with E-state index in [-0.39, 0.29) is 12.2 Å². The van der Waals surface area contributed by atoms with E-state index in [4.69, 9.17) is 16.3 Å². The van der Waals surface area contributed by atoms with Gasteiger partial charge in [-0.05, 0) is 55.6 Å². The molecule has 0 atom stereocenters. The standard InChI is InChI=1S/C14H9Br2ClF2O/c15-10-4-8(6-17)5-11(16)14(10)20-7-9-2-1-3-12(18)13(9)19/h1-5H,6-7H2. The highest BCUT2D eigenvalue weighted by atomic mass is 79.9. The van der Waals surface area contributed by atoms with E-state index >= 15 is 0 Å². The fourth-order valence-corrected chi connectivity index (χ4v) is 3.30. The van der Waals surface area contributed by atoms with Crippen LogP contribution in [0.15, 0.2) is 39.3 Å². The molecule has 0 unspecified atom stereocenters. The number of halogens is 5. The SMILES string of the molecule is Fc1cccc(COc2c(Br)cc(CCl)cc2Br)c1F. The molecule has 0 bridgehead atoms. The molecule has 0 aliphatic heterocycles. The molecule has 0 fully saturated rings. The van der Waals surface area contributed by atoms with Crippen LogP contribution in [0, 0.1) is 11.6 Å². The van der Waals surface area contributed by atoms with Gasteiger partial charge in [0, 0.05) is 11.4 Å². The van der Waals surface area contributed by atoms with Crippen molar-refractivity contribution in [2.75, 3.05) is 0 Å². The van der Waals surface area contributed by atoms with Crippen LogP contribution >= 0.6 is 43.5 Å². The second kappa shape index (κ2) is 6.87. The van der Waals surface area contributed by atoms with E-state index in [1.165, 1.54) is 12.1 Å². The molecule has 106 valence electrons. The lowest BCUT2D eigenvalue weighted by Gasteiger charge is -2.12. The minimum absolute atomic E-state index is 0.0684. The van der Waals surface area contributed by atoms with Crippen molar-refractivity contribution in [2.45, 2.75) is 12.5 Å². The van der Waals surface area contributed by atoms with Gasteiger partial charge in [-0.3, -0.25) is 0 Å². The Labute approximate surface area is 137 Å². The van der Waals surface area contributed by atoms with E-state index in [2.05, 4.69) is 31.9 Å². The first-order chi connectivity index (χ1) is 9.52. The maximum atomic E-state index is 13.5. The predicted molar refractivity (Wildman–Crippen MR) is 82.1 cm³/mol. The highest BCUT2D eigenvalue weighted by Gasteiger charge is 2.12.